The van der Waals surface area contributed by atoms with Crippen LogP contribution >= 0.6 is 0 Å². The molecule has 1 fully saturated rings. The number of rotatable bonds is 3. The van der Waals surface area contributed by atoms with Crippen molar-refractivity contribution >= 4 is 5.65 Å². The predicted octanol–water partition coefficient (Wildman–Crippen LogP) is 0.560. The van der Waals surface area contributed by atoms with E-state index in [-0.39, 0.29) is 5.54 Å². The van der Waals surface area contributed by atoms with Gasteiger partial charge in [0.1, 0.15) is 6.61 Å². The molecule has 0 aliphatic heterocycles. The summed E-state index contributed by atoms with van der Waals surface area (Å²) in [6.07, 6.45) is 5.66. The minimum Gasteiger partial charge on any atom is -0.475 e. The average molecular weight is 248 g/mol. The maximum atomic E-state index is 6.30. The number of hydrogen-bond acceptors (Lipinski definition) is 6. The Hall–Kier alpha value is -1.76. The highest BCUT2D eigenvalue weighted by molar-refractivity contribution is 5.34. The van der Waals surface area contributed by atoms with E-state index >= 15 is 0 Å². The Bertz CT molecular complexity index is 533. The average Bonchev–Trinajstić information content (AvgIpc) is 2.85. The Morgan fingerprint density at radius 2 is 2.11 bits per heavy atom. The first kappa shape index (κ1) is 11.3. The van der Waals surface area contributed by atoms with E-state index in [2.05, 4.69) is 20.6 Å². The standard InChI is InChI=1S/C11H16N6O/c12-11(6-2-1-3-7-11)8-18-10-5-4-9-13-15-16-17(9)14-10/h4-5H,1-3,6-8,12H2. The highest BCUT2D eigenvalue weighted by atomic mass is 16.5. The highest BCUT2D eigenvalue weighted by Gasteiger charge is 2.28. The molecule has 0 bridgehead atoms. The van der Waals surface area contributed by atoms with Gasteiger partial charge >= 0.3 is 0 Å². The predicted molar refractivity (Wildman–Crippen MR) is 64.1 cm³/mol. The van der Waals surface area contributed by atoms with Crippen molar-refractivity contribution in [3.8, 4) is 5.88 Å². The van der Waals surface area contributed by atoms with Gasteiger partial charge in [-0.15, -0.1) is 14.8 Å². The van der Waals surface area contributed by atoms with Crippen LogP contribution in [0, 0.1) is 0 Å². The minimum absolute atomic E-state index is 0.213. The number of ether oxygens (including phenoxy) is 1. The summed E-state index contributed by atoms with van der Waals surface area (Å²) in [4.78, 5) is 0. The van der Waals surface area contributed by atoms with Crippen LogP contribution < -0.4 is 10.5 Å². The fourth-order valence-corrected chi connectivity index (χ4v) is 2.33. The molecule has 0 amide bonds. The van der Waals surface area contributed by atoms with Gasteiger partial charge < -0.3 is 10.5 Å². The van der Waals surface area contributed by atoms with Crippen LogP contribution in [-0.4, -0.2) is 37.4 Å². The molecule has 2 aromatic rings. The summed E-state index contributed by atoms with van der Waals surface area (Å²) < 4.78 is 7.02. The molecule has 18 heavy (non-hydrogen) atoms. The molecule has 1 aliphatic rings. The van der Waals surface area contributed by atoms with E-state index < -0.39 is 0 Å². The van der Waals surface area contributed by atoms with Crippen LogP contribution in [0.4, 0.5) is 0 Å². The van der Waals surface area contributed by atoms with Crippen molar-refractivity contribution in [2.45, 2.75) is 37.6 Å². The van der Waals surface area contributed by atoms with Crippen LogP contribution in [0.2, 0.25) is 0 Å². The molecule has 2 N–H and O–H groups in total. The van der Waals surface area contributed by atoms with Crippen molar-refractivity contribution in [2.75, 3.05) is 6.61 Å². The Morgan fingerprint density at radius 1 is 1.28 bits per heavy atom. The molecule has 0 aromatic carbocycles. The van der Waals surface area contributed by atoms with Gasteiger partial charge in [-0.05, 0) is 29.3 Å². The lowest BCUT2D eigenvalue weighted by Gasteiger charge is -2.32. The van der Waals surface area contributed by atoms with Gasteiger partial charge in [-0.2, -0.15) is 0 Å². The van der Waals surface area contributed by atoms with Gasteiger partial charge in [0.2, 0.25) is 5.88 Å². The third kappa shape index (κ3) is 2.26. The van der Waals surface area contributed by atoms with Crippen LogP contribution in [-0.2, 0) is 0 Å². The summed E-state index contributed by atoms with van der Waals surface area (Å²) in [5.74, 6) is 0.505. The van der Waals surface area contributed by atoms with Crippen molar-refractivity contribution in [1.82, 2.24) is 25.3 Å². The molecule has 1 aliphatic carbocycles. The van der Waals surface area contributed by atoms with Crippen LogP contribution in [0.1, 0.15) is 32.1 Å². The lowest BCUT2D eigenvalue weighted by molar-refractivity contribution is 0.167. The fraction of sp³-hybridized carbons (Fsp3) is 0.636. The van der Waals surface area contributed by atoms with Crippen LogP contribution in [0.5, 0.6) is 5.88 Å². The second-order valence-corrected chi connectivity index (χ2v) is 4.91. The molecule has 3 rings (SSSR count). The van der Waals surface area contributed by atoms with E-state index in [9.17, 15) is 0 Å². The van der Waals surface area contributed by atoms with Gasteiger partial charge in [0.15, 0.2) is 5.65 Å². The fourth-order valence-electron chi connectivity index (χ4n) is 2.33. The molecule has 0 unspecified atom stereocenters. The molecule has 2 aromatic heterocycles. The summed E-state index contributed by atoms with van der Waals surface area (Å²) in [5.41, 5.74) is 6.69. The lowest BCUT2D eigenvalue weighted by atomic mass is 9.83. The molecule has 0 spiro atoms. The number of aromatic nitrogens is 5. The first-order valence-electron chi connectivity index (χ1n) is 6.22. The van der Waals surface area contributed by atoms with Gasteiger partial charge in [-0.1, -0.05) is 19.3 Å². The molecule has 1 saturated carbocycles. The summed E-state index contributed by atoms with van der Waals surface area (Å²) in [5, 5.41) is 15.2. The van der Waals surface area contributed by atoms with Crippen molar-refractivity contribution in [2.24, 2.45) is 5.73 Å². The third-order valence-electron chi connectivity index (χ3n) is 3.40. The first-order chi connectivity index (χ1) is 8.75. The lowest BCUT2D eigenvalue weighted by Crippen LogP contribution is -2.47. The second-order valence-electron chi connectivity index (χ2n) is 4.91. The van der Waals surface area contributed by atoms with Gasteiger partial charge in [-0.3, -0.25) is 0 Å². The smallest absolute Gasteiger partial charge is 0.233 e. The second kappa shape index (κ2) is 4.49. The van der Waals surface area contributed by atoms with Gasteiger partial charge in [-0.25, -0.2) is 0 Å². The molecular weight excluding hydrogens is 232 g/mol. The molecule has 96 valence electrons. The summed E-state index contributed by atoms with van der Waals surface area (Å²) >= 11 is 0. The molecule has 0 radical (unpaired) electrons. The molecule has 0 saturated heterocycles. The van der Waals surface area contributed by atoms with Crippen molar-refractivity contribution in [1.29, 1.82) is 0 Å². The third-order valence-corrected chi connectivity index (χ3v) is 3.40. The van der Waals surface area contributed by atoms with Gasteiger partial charge in [0, 0.05) is 6.07 Å². The maximum Gasteiger partial charge on any atom is 0.233 e. The molecule has 2 heterocycles. The summed E-state index contributed by atoms with van der Waals surface area (Å²) in [6, 6.07) is 3.53. The van der Waals surface area contributed by atoms with E-state index in [0.29, 0.717) is 18.1 Å². The first-order valence-corrected chi connectivity index (χ1v) is 6.22. The molecule has 7 heteroatoms. The SMILES string of the molecule is NC1(COc2ccc3nnnn3n2)CCCCC1. The van der Waals surface area contributed by atoms with Crippen molar-refractivity contribution in [3.63, 3.8) is 0 Å². The van der Waals surface area contributed by atoms with Crippen molar-refractivity contribution < 1.29 is 4.74 Å². The quantitative estimate of drug-likeness (QED) is 0.853. The van der Waals surface area contributed by atoms with E-state index in [1.807, 2.05) is 0 Å². The Morgan fingerprint density at radius 3 is 2.94 bits per heavy atom. The highest BCUT2D eigenvalue weighted by Crippen LogP contribution is 2.26. The van der Waals surface area contributed by atoms with E-state index in [1.54, 1.807) is 12.1 Å². The molecular formula is C11H16N6O. The van der Waals surface area contributed by atoms with E-state index in [0.717, 1.165) is 12.8 Å². The minimum atomic E-state index is -0.213. The Balaban J connectivity index is 1.68. The Kier molecular flexibility index (Phi) is 2.83. The Labute approximate surface area is 104 Å². The largest absolute Gasteiger partial charge is 0.475 e. The monoisotopic (exact) mass is 248 g/mol. The number of nitrogens with two attached hydrogens (primary N) is 1. The van der Waals surface area contributed by atoms with Crippen LogP contribution in [0.3, 0.4) is 0 Å². The van der Waals surface area contributed by atoms with Crippen LogP contribution in [0.25, 0.3) is 5.65 Å². The zero-order valence-corrected chi connectivity index (χ0v) is 10.1. The van der Waals surface area contributed by atoms with E-state index in [4.69, 9.17) is 10.5 Å². The van der Waals surface area contributed by atoms with Crippen LogP contribution in [0.15, 0.2) is 12.1 Å². The van der Waals surface area contributed by atoms with Gasteiger partial charge in [0.05, 0.1) is 5.54 Å². The molecule has 0 atom stereocenters. The number of nitrogens with zero attached hydrogens (tertiary/aromatic N) is 5. The topological polar surface area (TPSA) is 91.2 Å². The summed E-state index contributed by atoms with van der Waals surface area (Å²) in [6.45, 7) is 0.494. The van der Waals surface area contributed by atoms with E-state index in [1.165, 1.54) is 23.9 Å². The zero-order valence-electron chi connectivity index (χ0n) is 10.1. The zero-order chi connectivity index (χ0) is 12.4. The number of hydrogen-bond donors (Lipinski definition) is 1. The maximum absolute atomic E-state index is 6.30. The number of fused-ring (bicyclic) bond motifs is 1. The number of tetrazole rings is 1. The normalized spacial score (nSPS) is 18.9. The van der Waals surface area contributed by atoms with Gasteiger partial charge in [0.25, 0.3) is 0 Å². The molecule has 7 nitrogen and oxygen atoms in total. The summed E-state index contributed by atoms with van der Waals surface area (Å²) in [7, 11) is 0. The van der Waals surface area contributed by atoms with Crippen molar-refractivity contribution in [3.05, 3.63) is 12.1 Å².